The Morgan fingerprint density at radius 1 is 1.24 bits per heavy atom. The number of halogens is 1. The van der Waals surface area contributed by atoms with Gasteiger partial charge in [0.25, 0.3) is 0 Å². The van der Waals surface area contributed by atoms with Crippen LogP contribution in [0.15, 0.2) is 34.9 Å². The van der Waals surface area contributed by atoms with Crippen LogP contribution in [0.1, 0.15) is 42.8 Å². The van der Waals surface area contributed by atoms with Crippen LogP contribution in [0.4, 0.5) is 0 Å². The molecule has 0 bridgehead atoms. The van der Waals surface area contributed by atoms with Gasteiger partial charge in [0.2, 0.25) is 0 Å². The van der Waals surface area contributed by atoms with E-state index in [1.165, 1.54) is 16.8 Å². The molecule has 1 atom stereocenters. The molecule has 3 nitrogen and oxygen atoms in total. The Balaban J connectivity index is 1.93. The van der Waals surface area contributed by atoms with Gasteiger partial charge in [-0.05, 0) is 66.7 Å². The lowest BCUT2D eigenvalue weighted by Gasteiger charge is -2.26. The maximum atomic E-state index is 4.53. The molecule has 0 radical (unpaired) electrons. The highest BCUT2D eigenvalue weighted by Crippen LogP contribution is 2.38. The van der Waals surface area contributed by atoms with Crippen LogP contribution in [0.3, 0.4) is 0 Å². The predicted molar refractivity (Wildman–Crippen MR) is 89.5 cm³/mol. The third-order valence-corrected chi connectivity index (χ3v) is 5.05. The van der Waals surface area contributed by atoms with Crippen LogP contribution in [0, 0.1) is 5.92 Å². The topological polar surface area (TPSA) is 29.9 Å². The fourth-order valence-electron chi connectivity index (χ4n) is 3.48. The summed E-state index contributed by atoms with van der Waals surface area (Å²) in [5.41, 5.74) is 4.26. The molecule has 0 spiro atoms. The molecule has 1 unspecified atom stereocenters. The normalized spacial score (nSPS) is 16.4. The minimum atomic E-state index is 0.316. The molecule has 3 rings (SSSR count). The van der Waals surface area contributed by atoms with E-state index in [-0.39, 0.29) is 0 Å². The Labute approximate surface area is 134 Å². The fourth-order valence-corrected chi connectivity index (χ4v) is 4.00. The molecule has 1 heterocycles. The molecule has 0 saturated heterocycles. The van der Waals surface area contributed by atoms with Gasteiger partial charge in [-0.2, -0.15) is 5.10 Å². The molecular weight excluding hydrogens is 326 g/mol. The first-order chi connectivity index (χ1) is 10.1. The second-order valence-corrected chi connectivity index (χ2v) is 6.97. The summed E-state index contributed by atoms with van der Waals surface area (Å²) < 4.78 is 3.24. The summed E-state index contributed by atoms with van der Waals surface area (Å²) in [6, 6.07) is 9.49. The molecular formula is C17H22BrN3. The first-order valence-electron chi connectivity index (χ1n) is 7.58. The zero-order valence-electron chi connectivity index (χ0n) is 12.8. The quantitative estimate of drug-likeness (QED) is 0.908. The number of fused-ring (bicyclic) bond motifs is 1. The van der Waals surface area contributed by atoms with Gasteiger partial charge in [0.1, 0.15) is 0 Å². The average Bonchev–Trinajstić information content (AvgIpc) is 3.04. The minimum absolute atomic E-state index is 0.316. The van der Waals surface area contributed by atoms with E-state index in [1.807, 2.05) is 6.20 Å². The van der Waals surface area contributed by atoms with E-state index >= 15 is 0 Å². The van der Waals surface area contributed by atoms with Crippen molar-refractivity contribution >= 4 is 15.9 Å². The second kappa shape index (κ2) is 5.93. The molecule has 112 valence electrons. The van der Waals surface area contributed by atoms with E-state index in [0.29, 0.717) is 18.0 Å². The van der Waals surface area contributed by atoms with Crippen molar-refractivity contribution in [2.75, 3.05) is 7.05 Å². The summed E-state index contributed by atoms with van der Waals surface area (Å²) in [7, 11) is 2.05. The molecule has 0 fully saturated rings. The van der Waals surface area contributed by atoms with E-state index < -0.39 is 0 Å². The van der Waals surface area contributed by atoms with Gasteiger partial charge in [-0.25, -0.2) is 0 Å². The fraction of sp³-hybridized carbons (Fsp3) is 0.471. The molecule has 0 aliphatic heterocycles. The molecule has 1 aromatic heterocycles. The smallest absolute Gasteiger partial charge is 0.0701 e. The van der Waals surface area contributed by atoms with Crippen LogP contribution in [0.5, 0.6) is 0 Å². The Morgan fingerprint density at radius 2 is 1.86 bits per heavy atom. The van der Waals surface area contributed by atoms with Gasteiger partial charge < -0.3 is 5.32 Å². The lowest BCUT2D eigenvalue weighted by Crippen LogP contribution is -2.29. The zero-order valence-corrected chi connectivity index (χ0v) is 14.4. The molecule has 1 aromatic carbocycles. The van der Waals surface area contributed by atoms with Crippen molar-refractivity contribution in [2.24, 2.45) is 5.92 Å². The maximum Gasteiger partial charge on any atom is 0.0701 e. The maximum absolute atomic E-state index is 4.53. The van der Waals surface area contributed by atoms with Crippen molar-refractivity contribution in [3.05, 3.63) is 51.8 Å². The molecule has 1 aliphatic carbocycles. The van der Waals surface area contributed by atoms with Crippen LogP contribution in [0.25, 0.3) is 0 Å². The van der Waals surface area contributed by atoms with Crippen molar-refractivity contribution in [2.45, 2.75) is 38.8 Å². The van der Waals surface area contributed by atoms with E-state index in [4.69, 9.17) is 0 Å². The predicted octanol–water partition coefficient (Wildman–Crippen LogP) is 3.90. The van der Waals surface area contributed by atoms with Crippen LogP contribution in [-0.2, 0) is 12.8 Å². The zero-order chi connectivity index (χ0) is 15.0. The minimum Gasteiger partial charge on any atom is -0.311 e. The summed E-state index contributed by atoms with van der Waals surface area (Å²) in [4.78, 5) is 0. The first-order valence-corrected chi connectivity index (χ1v) is 8.38. The van der Waals surface area contributed by atoms with Crippen LogP contribution < -0.4 is 5.32 Å². The summed E-state index contributed by atoms with van der Waals surface area (Å²) in [6.45, 7) is 4.36. The van der Waals surface area contributed by atoms with Crippen LogP contribution in [-0.4, -0.2) is 16.8 Å². The lowest BCUT2D eigenvalue weighted by molar-refractivity contribution is 0.358. The van der Waals surface area contributed by atoms with Gasteiger partial charge in [-0.15, -0.1) is 0 Å². The number of nitrogens with one attached hydrogen (secondary N) is 1. The molecule has 0 amide bonds. The number of nitrogens with zero attached hydrogens (tertiary/aromatic N) is 2. The standard InChI is InChI=1S/C17H22BrN3/c1-11(2)21-17(15(18)10-20-21)16(19-3)14-8-12-6-4-5-7-13(12)9-14/h4-7,10-11,14,16,19H,8-9H2,1-3H3. The number of hydrogen-bond acceptors (Lipinski definition) is 2. The van der Waals surface area contributed by atoms with Crippen molar-refractivity contribution in [1.29, 1.82) is 0 Å². The van der Waals surface area contributed by atoms with E-state index in [2.05, 4.69) is 76.2 Å². The van der Waals surface area contributed by atoms with Gasteiger partial charge >= 0.3 is 0 Å². The van der Waals surface area contributed by atoms with E-state index in [1.54, 1.807) is 0 Å². The monoisotopic (exact) mass is 347 g/mol. The Hall–Kier alpha value is -1.13. The van der Waals surface area contributed by atoms with Crippen molar-refractivity contribution in [1.82, 2.24) is 15.1 Å². The highest BCUT2D eigenvalue weighted by Gasteiger charge is 2.32. The molecule has 21 heavy (non-hydrogen) atoms. The van der Waals surface area contributed by atoms with Gasteiger partial charge in [0, 0.05) is 6.04 Å². The van der Waals surface area contributed by atoms with Crippen molar-refractivity contribution in [3.8, 4) is 0 Å². The molecule has 1 aliphatic rings. The summed E-state index contributed by atoms with van der Waals surface area (Å²) >= 11 is 3.69. The molecule has 1 N–H and O–H groups in total. The van der Waals surface area contributed by atoms with Gasteiger partial charge in [0.15, 0.2) is 0 Å². The van der Waals surface area contributed by atoms with Crippen molar-refractivity contribution < 1.29 is 0 Å². The summed E-state index contributed by atoms with van der Waals surface area (Å²) in [6.07, 6.45) is 4.19. The second-order valence-electron chi connectivity index (χ2n) is 6.12. The largest absolute Gasteiger partial charge is 0.311 e. The summed E-state index contributed by atoms with van der Waals surface area (Å²) in [5.74, 6) is 0.581. The Kier molecular flexibility index (Phi) is 4.18. The number of hydrogen-bond donors (Lipinski definition) is 1. The lowest BCUT2D eigenvalue weighted by atomic mass is 9.93. The highest BCUT2D eigenvalue weighted by molar-refractivity contribution is 9.10. The van der Waals surface area contributed by atoms with Crippen LogP contribution >= 0.6 is 15.9 Å². The van der Waals surface area contributed by atoms with E-state index in [9.17, 15) is 0 Å². The third-order valence-electron chi connectivity index (χ3n) is 4.44. The summed E-state index contributed by atoms with van der Waals surface area (Å²) in [5, 5.41) is 8.06. The SMILES string of the molecule is CNC(c1c(Br)cnn1C(C)C)C1Cc2ccccc2C1. The Bertz CT molecular complexity index is 608. The molecule has 0 saturated carbocycles. The van der Waals surface area contributed by atoms with Gasteiger partial charge in [-0.3, -0.25) is 4.68 Å². The number of aromatic nitrogens is 2. The number of rotatable bonds is 4. The molecule has 4 heteroatoms. The average molecular weight is 348 g/mol. The van der Waals surface area contributed by atoms with Gasteiger partial charge in [0.05, 0.1) is 22.4 Å². The molecule has 2 aromatic rings. The first kappa shape index (κ1) is 14.8. The van der Waals surface area contributed by atoms with Crippen LogP contribution in [0.2, 0.25) is 0 Å². The highest BCUT2D eigenvalue weighted by atomic mass is 79.9. The van der Waals surface area contributed by atoms with E-state index in [0.717, 1.165) is 17.3 Å². The number of benzene rings is 1. The third kappa shape index (κ3) is 2.67. The van der Waals surface area contributed by atoms with Gasteiger partial charge in [-0.1, -0.05) is 24.3 Å². The Morgan fingerprint density at radius 3 is 2.38 bits per heavy atom. The van der Waals surface area contributed by atoms with Crippen molar-refractivity contribution in [3.63, 3.8) is 0 Å².